The molecular formula is C43H55IN4O8. The summed E-state index contributed by atoms with van der Waals surface area (Å²) in [5.41, 5.74) is 10.4. The molecule has 0 spiro atoms. The van der Waals surface area contributed by atoms with Gasteiger partial charge in [0.25, 0.3) is 11.8 Å². The van der Waals surface area contributed by atoms with Crippen LogP contribution in [0.1, 0.15) is 120 Å². The number of likely N-dealkylation sites (N-methyl/N-ethyl adjacent to an activating group) is 1. The first-order valence-electron chi connectivity index (χ1n) is 20.4. The lowest BCUT2D eigenvalue weighted by Crippen LogP contribution is -3.00. The summed E-state index contributed by atoms with van der Waals surface area (Å²) in [7, 11) is 2.25. The largest absolute Gasteiger partial charge is 1.00 e. The van der Waals surface area contributed by atoms with Crippen LogP contribution >= 0.6 is 0 Å². The summed E-state index contributed by atoms with van der Waals surface area (Å²) in [6, 6.07) is 6.83. The molecule has 6 fully saturated rings. The van der Waals surface area contributed by atoms with Crippen molar-refractivity contribution in [2.45, 2.75) is 124 Å². The maximum Gasteiger partial charge on any atom is 0.252 e. The van der Waals surface area contributed by atoms with Crippen LogP contribution in [0.5, 0.6) is 11.5 Å². The van der Waals surface area contributed by atoms with Crippen molar-refractivity contribution in [3.63, 3.8) is 0 Å². The zero-order valence-corrected chi connectivity index (χ0v) is 34.4. The van der Waals surface area contributed by atoms with Crippen molar-refractivity contribution in [1.82, 2.24) is 4.90 Å². The number of benzene rings is 2. The second kappa shape index (κ2) is 13.5. The number of Topliss-reactive ketones (excluding diaryl/α,β-unsaturated/α-hetero) is 2. The molecule has 2 aliphatic heterocycles. The molecule has 56 heavy (non-hydrogen) atoms. The fourth-order valence-electron chi connectivity index (χ4n) is 12.8. The number of rotatable bonds is 6. The lowest BCUT2D eigenvalue weighted by Gasteiger charge is -2.65. The average molecular weight is 883 g/mol. The molecule has 4 saturated carbocycles. The predicted octanol–water partition coefficient (Wildman–Crippen LogP) is -0.345. The molecule has 2 aromatic carbocycles. The van der Waals surface area contributed by atoms with Gasteiger partial charge < -0.3 is 60.4 Å². The highest BCUT2D eigenvalue weighted by molar-refractivity contribution is 5.97. The van der Waals surface area contributed by atoms with Crippen molar-refractivity contribution in [2.75, 3.05) is 33.2 Å². The first kappa shape index (κ1) is 39.7. The van der Waals surface area contributed by atoms with Crippen LogP contribution < -0.4 is 35.4 Å². The number of halogens is 1. The molecule has 2 heterocycles. The Labute approximate surface area is 344 Å². The van der Waals surface area contributed by atoms with Crippen LogP contribution in [0.15, 0.2) is 24.3 Å². The minimum Gasteiger partial charge on any atom is -1.00 e. The molecule has 8 aliphatic rings. The molecule has 8 N–H and O–H groups in total. The quantitative estimate of drug-likeness (QED) is 0.166. The molecule has 10 rings (SSSR count). The van der Waals surface area contributed by atoms with Gasteiger partial charge in [-0.3, -0.25) is 24.1 Å². The third-order valence-corrected chi connectivity index (χ3v) is 15.8. The van der Waals surface area contributed by atoms with Crippen molar-refractivity contribution < 1.29 is 68.1 Å². The number of nitrogens with two attached hydrogens (primary N) is 2. The number of quaternary nitrogens is 1. The summed E-state index contributed by atoms with van der Waals surface area (Å²) in [5.74, 6) is 0.0541. The van der Waals surface area contributed by atoms with Gasteiger partial charge in [0, 0.05) is 79.0 Å². The van der Waals surface area contributed by atoms with E-state index in [1.54, 1.807) is 12.1 Å². The number of fused-ring (bicyclic) bond motifs is 2. The Hall–Kier alpha value is -3.11. The molecule has 2 aromatic rings. The average Bonchev–Trinajstić information content (AvgIpc) is 4.07. The number of phenols is 2. The summed E-state index contributed by atoms with van der Waals surface area (Å²) in [6.45, 7) is 3.74. The maximum atomic E-state index is 12.6. The molecule has 2 saturated heterocycles. The number of piperidine rings is 2. The Kier molecular flexibility index (Phi) is 9.55. The second-order valence-electron chi connectivity index (χ2n) is 18.9. The van der Waals surface area contributed by atoms with E-state index in [2.05, 4.69) is 11.9 Å². The van der Waals surface area contributed by atoms with Gasteiger partial charge in [0.2, 0.25) is 0 Å². The summed E-state index contributed by atoms with van der Waals surface area (Å²) < 4.78 is 0.828. The van der Waals surface area contributed by atoms with Gasteiger partial charge >= 0.3 is 0 Å². The lowest BCUT2D eigenvalue weighted by atomic mass is 9.48. The minimum atomic E-state index is -1.06. The third-order valence-electron chi connectivity index (χ3n) is 15.8. The number of amides is 2. The number of primary amides is 2. The first-order valence-corrected chi connectivity index (χ1v) is 20.4. The molecule has 7 atom stereocenters. The van der Waals surface area contributed by atoms with Gasteiger partial charge in [-0.05, 0) is 87.1 Å². The van der Waals surface area contributed by atoms with Gasteiger partial charge in [-0.25, -0.2) is 0 Å². The van der Waals surface area contributed by atoms with Crippen LogP contribution in [-0.2, 0) is 33.3 Å². The molecule has 0 radical (unpaired) electrons. The van der Waals surface area contributed by atoms with Gasteiger partial charge in [-0.1, -0.05) is 12.1 Å². The van der Waals surface area contributed by atoms with Gasteiger partial charge in [0.1, 0.15) is 34.7 Å². The van der Waals surface area contributed by atoms with Gasteiger partial charge in [0.05, 0.1) is 36.9 Å². The molecule has 7 unspecified atom stereocenters. The Balaban J connectivity index is 0.000000155. The van der Waals surface area contributed by atoms with Crippen LogP contribution in [0.2, 0.25) is 0 Å². The van der Waals surface area contributed by atoms with Crippen LogP contribution in [0.4, 0.5) is 0 Å². The molecule has 6 aliphatic carbocycles. The molecule has 0 aromatic heterocycles. The van der Waals surface area contributed by atoms with Crippen LogP contribution in [0.25, 0.3) is 0 Å². The SMILES string of the molecule is C[N+]1(CC2CC2)CCC23CC(=O)CCC2(O)C1Cc1ccc(C(N)=O)c(O)c13.NC(=O)c1ccc2c(c1O)C13CCN(CC4CC4)C(C2)C1(O)CCC(=O)C3.[I-]. The van der Waals surface area contributed by atoms with Crippen LogP contribution in [0.3, 0.4) is 0 Å². The summed E-state index contributed by atoms with van der Waals surface area (Å²) in [6.07, 6.45) is 9.61. The number of carbonyl (C=O) groups is 4. The number of likely N-dealkylation sites (tertiary alicyclic amines) is 2. The normalized spacial score (nSPS) is 36.7. The Bertz CT molecular complexity index is 2040. The van der Waals surface area contributed by atoms with Gasteiger partial charge in [-0.2, -0.15) is 0 Å². The number of aliphatic hydroxyl groups is 2. The zero-order valence-electron chi connectivity index (χ0n) is 32.2. The molecule has 302 valence electrons. The Morgan fingerprint density at radius 2 is 1.29 bits per heavy atom. The zero-order chi connectivity index (χ0) is 38.9. The molecular weight excluding hydrogens is 827 g/mol. The first-order chi connectivity index (χ1) is 26.1. The smallest absolute Gasteiger partial charge is 0.252 e. The second-order valence-corrected chi connectivity index (χ2v) is 18.9. The van der Waals surface area contributed by atoms with E-state index in [1.165, 1.54) is 25.7 Å². The Morgan fingerprint density at radius 3 is 1.82 bits per heavy atom. The van der Waals surface area contributed by atoms with E-state index in [-0.39, 0.29) is 83.1 Å². The molecule has 13 heteroatoms. The van der Waals surface area contributed by atoms with E-state index in [0.29, 0.717) is 62.5 Å². The van der Waals surface area contributed by atoms with E-state index in [4.69, 9.17) is 11.5 Å². The van der Waals surface area contributed by atoms with E-state index in [9.17, 15) is 39.6 Å². The van der Waals surface area contributed by atoms with Crippen molar-refractivity contribution in [3.05, 3.63) is 57.6 Å². The summed E-state index contributed by atoms with van der Waals surface area (Å²) >= 11 is 0. The minimum absolute atomic E-state index is 0. The highest BCUT2D eigenvalue weighted by atomic mass is 127. The predicted molar refractivity (Wildman–Crippen MR) is 201 cm³/mol. The highest BCUT2D eigenvalue weighted by Crippen LogP contribution is 2.62. The number of aromatic hydroxyl groups is 2. The monoisotopic (exact) mass is 882 g/mol. The Morgan fingerprint density at radius 1 is 0.768 bits per heavy atom. The molecule has 12 nitrogen and oxygen atoms in total. The number of ketones is 2. The van der Waals surface area contributed by atoms with Crippen molar-refractivity contribution in [2.24, 2.45) is 23.3 Å². The van der Waals surface area contributed by atoms with E-state index in [1.807, 2.05) is 12.1 Å². The third kappa shape index (κ3) is 5.71. The van der Waals surface area contributed by atoms with E-state index in [0.717, 1.165) is 53.6 Å². The van der Waals surface area contributed by atoms with Crippen LogP contribution in [-0.4, -0.2) is 110 Å². The van der Waals surface area contributed by atoms with Crippen molar-refractivity contribution in [1.29, 1.82) is 0 Å². The topological polar surface area (TPSA) is 204 Å². The summed E-state index contributed by atoms with van der Waals surface area (Å²) in [4.78, 5) is 51.1. The van der Waals surface area contributed by atoms with Crippen molar-refractivity contribution >= 4 is 23.4 Å². The number of carbonyl (C=O) groups excluding carboxylic acids is 4. The maximum absolute atomic E-state index is 12.6. The highest BCUT2D eigenvalue weighted by Gasteiger charge is 2.70. The lowest BCUT2D eigenvalue weighted by molar-refractivity contribution is -0.950. The molecule has 4 bridgehead atoms. The van der Waals surface area contributed by atoms with E-state index >= 15 is 0 Å². The van der Waals surface area contributed by atoms with Gasteiger partial charge in [-0.15, -0.1) is 0 Å². The summed E-state index contributed by atoms with van der Waals surface area (Å²) in [5, 5.41) is 46.1. The van der Waals surface area contributed by atoms with E-state index < -0.39 is 33.8 Å². The number of nitrogens with zero attached hydrogens (tertiary/aromatic N) is 2. The molecule has 2 amide bonds. The fourth-order valence-corrected chi connectivity index (χ4v) is 12.8. The van der Waals surface area contributed by atoms with Gasteiger partial charge in [0.15, 0.2) is 0 Å². The fraction of sp³-hybridized carbons (Fsp3) is 0.628. The van der Waals surface area contributed by atoms with Crippen LogP contribution in [0, 0.1) is 11.8 Å². The number of hydrogen-bond acceptors (Lipinski definition) is 9. The standard InChI is InChI=1S/C22H28N2O4.C21H26N2O4.HI/c1-24(12-13-2-3-13)9-8-21-11-15(25)6-7-22(21,28)17(24)10-14-4-5-16(20(23)27)19(26)18(14)21;22-19(26)15-4-3-13-9-16-21(27)6-5-14(24)10-20(21,17(13)18(15)25)7-8-23(16)11-12-1-2-12;/h4-5,13,17,28H,2-3,6-12H2,1H3,(H2-,23,26,27);3-4,12,16,25,27H,1-2,5-11H2,(H2,22,26);1H. The van der Waals surface area contributed by atoms with Crippen molar-refractivity contribution in [3.8, 4) is 11.5 Å². The number of hydrogen-bond donors (Lipinski definition) is 6.